The third kappa shape index (κ3) is 5.92. The largest absolute Gasteiger partial charge is 0.489 e. The Bertz CT molecular complexity index is 1020. The van der Waals surface area contributed by atoms with Gasteiger partial charge in [0.2, 0.25) is 15.9 Å². The third-order valence-electron chi connectivity index (χ3n) is 3.88. The molecule has 0 saturated heterocycles. The Morgan fingerprint density at radius 1 is 1.24 bits per heavy atom. The molecule has 29 heavy (non-hydrogen) atoms. The standard InChI is InChI=1S/C19H23N3O6S/c1-13(2)28-18-8-6-5-7-16(18)20-19(23)12-21(29(4,26)27)17-11-15(22(24)25)10-9-14(17)3/h5-11,13H,12H2,1-4H3,(H,20,23). The van der Waals surface area contributed by atoms with Crippen LogP contribution < -0.4 is 14.4 Å². The Labute approximate surface area is 169 Å². The fraction of sp³-hybridized carbons (Fsp3) is 0.316. The normalized spacial score (nSPS) is 11.2. The number of hydrogen-bond acceptors (Lipinski definition) is 6. The minimum absolute atomic E-state index is 0.0727. The highest BCUT2D eigenvalue weighted by Crippen LogP contribution is 2.28. The summed E-state index contributed by atoms with van der Waals surface area (Å²) in [5.41, 5.74) is 0.687. The van der Waals surface area contributed by atoms with Crippen molar-refractivity contribution in [2.45, 2.75) is 26.9 Å². The van der Waals surface area contributed by atoms with E-state index in [2.05, 4.69) is 5.32 Å². The van der Waals surface area contributed by atoms with Gasteiger partial charge in [-0.05, 0) is 38.5 Å². The lowest BCUT2D eigenvalue weighted by Crippen LogP contribution is -2.38. The second kappa shape index (κ2) is 8.91. The minimum atomic E-state index is -3.88. The van der Waals surface area contributed by atoms with Gasteiger partial charge in [-0.1, -0.05) is 18.2 Å². The van der Waals surface area contributed by atoms with E-state index in [9.17, 15) is 23.3 Å². The summed E-state index contributed by atoms with van der Waals surface area (Å²) in [7, 11) is -3.88. The molecule has 0 aliphatic rings. The molecule has 10 heteroatoms. The average molecular weight is 421 g/mol. The second-order valence-electron chi connectivity index (χ2n) is 6.71. The highest BCUT2D eigenvalue weighted by Gasteiger charge is 2.25. The van der Waals surface area contributed by atoms with Gasteiger partial charge in [0.15, 0.2) is 0 Å². The van der Waals surface area contributed by atoms with Gasteiger partial charge in [-0.2, -0.15) is 0 Å². The first kappa shape index (κ1) is 22.2. The van der Waals surface area contributed by atoms with Crippen LogP contribution in [-0.2, 0) is 14.8 Å². The van der Waals surface area contributed by atoms with Crippen LogP contribution in [0.3, 0.4) is 0 Å². The number of para-hydroxylation sites is 2. The number of carbonyl (C=O) groups is 1. The Morgan fingerprint density at radius 3 is 2.48 bits per heavy atom. The number of sulfonamides is 1. The molecular formula is C19H23N3O6S. The molecule has 1 amide bonds. The number of nitrogens with zero attached hydrogens (tertiary/aromatic N) is 2. The number of nitrogens with one attached hydrogen (secondary N) is 1. The lowest BCUT2D eigenvalue weighted by molar-refractivity contribution is -0.384. The van der Waals surface area contributed by atoms with Gasteiger partial charge in [-0.15, -0.1) is 0 Å². The molecule has 156 valence electrons. The molecule has 0 spiro atoms. The molecule has 1 N–H and O–H groups in total. The summed E-state index contributed by atoms with van der Waals surface area (Å²) in [5, 5.41) is 13.7. The Hall–Kier alpha value is -3.14. The lowest BCUT2D eigenvalue weighted by Gasteiger charge is -2.24. The fourth-order valence-corrected chi connectivity index (χ4v) is 3.51. The zero-order valence-corrected chi connectivity index (χ0v) is 17.4. The maximum Gasteiger partial charge on any atom is 0.271 e. The van der Waals surface area contributed by atoms with Gasteiger partial charge in [-0.3, -0.25) is 19.2 Å². The first-order chi connectivity index (χ1) is 13.5. The number of ether oxygens (including phenoxy) is 1. The van der Waals surface area contributed by atoms with Crippen LogP contribution in [0.2, 0.25) is 0 Å². The number of nitro groups is 1. The summed E-state index contributed by atoms with van der Waals surface area (Å²) >= 11 is 0. The molecule has 0 radical (unpaired) electrons. The van der Waals surface area contributed by atoms with E-state index >= 15 is 0 Å². The maximum atomic E-state index is 12.6. The molecule has 0 aromatic heterocycles. The van der Waals surface area contributed by atoms with E-state index in [1.165, 1.54) is 12.1 Å². The van der Waals surface area contributed by atoms with E-state index in [-0.39, 0.29) is 17.5 Å². The number of nitro benzene ring substituents is 1. The highest BCUT2D eigenvalue weighted by molar-refractivity contribution is 7.92. The molecule has 0 fully saturated rings. The first-order valence-electron chi connectivity index (χ1n) is 8.77. The Morgan fingerprint density at radius 2 is 1.90 bits per heavy atom. The van der Waals surface area contributed by atoms with Crippen molar-refractivity contribution in [3.8, 4) is 5.75 Å². The molecule has 9 nitrogen and oxygen atoms in total. The summed E-state index contributed by atoms with van der Waals surface area (Å²) < 4.78 is 31.1. The zero-order valence-electron chi connectivity index (χ0n) is 16.6. The summed E-state index contributed by atoms with van der Waals surface area (Å²) in [6.07, 6.45) is 0.821. The van der Waals surface area contributed by atoms with Crippen molar-refractivity contribution in [1.29, 1.82) is 0 Å². The molecule has 0 unspecified atom stereocenters. The number of benzene rings is 2. The number of anilines is 2. The van der Waals surface area contributed by atoms with Crippen LogP contribution in [0.15, 0.2) is 42.5 Å². The zero-order chi connectivity index (χ0) is 21.8. The fourth-order valence-electron chi connectivity index (χ4n) is 2.61. The van der Waals surface area contributed by atoms with Crippen molar-refractivity contribution >= 4 is 33.0 Å². The predicted molar refractivity (Wildman–Crippen MR) is 111 cm³/mol. The monoisotopic (exact) mass is 421 g/mol. The molecule has 0 atom stereocenters. The molecule has 2 aromatic carbocycles. The number of hydrogen-bond donors (Lipinski definition) is 1. The van der Waals surface area contributed by atoms with Crippen LogP contribution in [0.5, 0.6) is 5.75 Å². The molecule has 2 aromatic rings. The van der Waals surface area contributed by atoms with Crippen molar-refractivity contribution in [3.63, 3.8) is 0 Å². The SMILES string of the molecule is Cc1ccc([N+](=O)[O-])cc1N(CC(=O)Nc1ccccc1OC(C)C)S(C)(=O)=O. The number of carbonyl (C=O) groups excluding carboxylic acids is 1. The summed E-state index contributed by atoms with van der Waals surface area (Å²) in [4.78, 5) is 23.1. The van der Waals surface area contributed by atoms with Crippen LogP contribution in [0, 0.1) is 17.0 Å². The van der Waals surface area contributed by atoms with Gasteiger partial charge in [0.1, 0.15) is 12.3 Å². The molecule has 2 rings (SSSR count). The van der Waals surface area contributed by atoms with Crippen molar-refractivity contribution in [1.82, 2.24) is 0 Å². The van der Waals surface area contributed by atoms with Crippen molar-refractivity contribution in [3.05, 3.63) is 58.1 Å². The maximum absolute atomic E-state index is 12.6. The molecule has 0 saturated carbocycles. The minimum Gasteiger partial charge on any atom is -0.489 e. The van der Waals surface area contributed by atoms with Crippen LogP contribution >= 0.6 is 0 Å². The van der Waals surface area contributed by atoms with Gasteiger partial charge < -0.3 is 10.1 Å². The second-order valence-corrected chi connectivity index (χ2v) is 8.62. The van der Waals surface area contributed by atoms with Gasteiger partial charge in [0, 0.05) is 12.1 Å². The van der Waals surface area contributed by atoms with E-state index in [4.69, 9.17) is 4.74 Å². The van der Waals surface area contributed by atoms with E-state index in [1.807, 2.05) is 13.8 Å². The number of rotatable bonds is 8. The highest BCUT2D eigenvalue weighted by atomic mass is 32.2. The Kier molecular flexibility index (Phi) is 6.80. The average Bonchev–Trinajstić information content (AvgIpc) is 2.60. The van der Waals surface area contributed by atoms with Gasteiger partial charge in [-0.25, -0.2) is 8.42 Å². The van der Waals surface area contributed by atoms with Crippen molar-refractivity contribution < 1.29 is 22.9 Å². The summed E-state index contributed by atoms with van der Waals surface area (Å²) in [6, 6.07) is 10.6. The summed E-state index contributed by atoms with van der Waals surface area (Å²) in [5.74, 6) is -0.158. The Balaban J connectivity index is 2.33. The number of amides is 1. The third-order valence-corrected chi connectivity index (χ3v) is 5.01. The molecule has 0 heterocycles. The van der Waals surface area contributed by atoms with Crippen LogP contribution in [0.1, 0.15) is 19.4 Å². The molecule has 0 bridgehead atoms. The van der Waals surface area contributed by atoms with Crippen LogP contribution in [0.4, 0.5) is 17.1 Å². The first-order valence-corrected chi connectivity index (χ1v) is 10.6. The van der Waals surface area contributed by atoms with E-state index in [1.54, 1.807) is 31.2 Å². The van der Waals surface area contributed by atoms with E-state index < -0.39 is 27.4 Å². The lowest BCUT2D eigenvalue weighted by atomic mass is 10.2. The smallest absolute Gasteiger partial charge is 0.271 e. The van der Waals surface area contributed by atoms with E-state index in [0.717, 1.165) is 16.6 Å². The quantitative estimate of drug-likeness (QED) is 0.517. The predicted octanol–water partition coefficient (Wildman–Crippen LogP) is 3.10. The summed E-state index contributed by atoms with van der Waals surface area (Å²) in [6.45, 7) is 4.75. The van der Waals surface area contributed by atoms with Gasteiger partial charge >= 0.3 is 0 Å². The number of non-ortho nitro benzene ring substituents is 1. The van der Waals surface area contributed by atoms with Gasteiger partial charge in [0.05, 0.1) is 28.7 Å². The van der Waals surface area contributed by atoms with Gasteiger partial charge in [0.25, 0.3) is 5.69 Å². The molecular weight excluding hydrogens is 398 g/mol. The van der Waals surface area contributed by atoms with Crippen LogP contribution in [0.25, 0.3) is 0 Å². The molecule has 0 aliphatic carbocycles. The van der Waals surface area contributed by atoms with E-state index in [0.29, 0.717) is 17.0 Å². The van der Waals surface area contributed by atoms with Crippen LogP contribution in [-0.4, -0.2) is 38.2 Å². The topological polar surface area (TPSA) is 119 Å². The molecule has 0 aliphatic heterocycles. The number of aryl methyl sites for hydroxylation is 1. The van der Waals surface area contributed by atoms with Crippen molar-refractivity contribution in [2.24, 2.45) is 0 Å². The van der Waals surface area contributed by atoms with Crippen molar-refractivity contribution in [2.75, 3.05) is 22.4 Å².